The van der Waals surface area contributed by atoms with E-state index in [0.29, 0.717) is 12.1 Å². The fourth-order valence-corrected chi connectivity index (χ4v) is 2.17. The Morgan fingerprint density at radius 2 is 1.90 bits per heavy atom. The smallest absolute Gasteiger partial charge is 0.272 e. The molecular weight excluding hydrogens is 271 g/mol. The van der Waals surface area contributed by atoms with Gasteiger partial charge in [-0.2, -0.15) is 0 Å². The van der Waals surface area contributed by atoms with E-state index in [1.807, 2.05) is 37.3 Å². The Hall–Kier alpha value is -2.27. The molecule has 2 rings (SSSR count). The predicted molar refractivity (Wildman–Crippen MR) is 79.5 cm³/mol. The topological polar surface area (TPSA) is 55.2 Å². The molecule has 2 aromatic carbocycles. The summed E-state index contributed by atoms with van der Waals surface area (Å²) < 4.78 is 13.3. The quantitative estimate of drug-likeness (QED) is 0.654. The molecule has 110 valence electrons. The summed E-state index contributed by atoms with van der Waals surface area (Å²) in [6.07, 6.45) is 0.845. The molecule has 1 N–H and O–H groups in total. The van der Waals surface area contributed by atoms with Crippen molar-refractivity contribution in [3.8, 4) is 0 Å². The van der Waals surface area contributed by atoms with E-state index in [4.69, 9.17) is 0 Å². The van der Waals surface area contributed by atoms with Crippen LogP contribution in [0.4, 0.5) is 10.1 Å². The molecule has 21 heavy (non-hydrogen) atoms. The number of nitro benzene ring substituents is 1. The number of benzene rings is 2. The Balaban J connectivity index is 1.95. The summed E-state index contributed by atoms with van der Waals surface area (Å²) in [6.45, 7) is 2.42. The Labute approximate surface area is 122 Å². The average molecular weight is 288 g/mol. The lowest BCUT2D eigenvalue weighted by molar-refractivity contribution is -0.385. The minimum absolute atomic E-state index is 0.190. The Morgan fingerprint density at radius 3 is 2.57 bits per heavy atom. The number of nitro groups is 1. The molecule has 0 saturated heterocycles. The summed E-state index contributed by atoms with van der Waals surface area (Å²) in [5.74, 6) is -0.586. The molecule has 1 atom stereocenters. The molecule has 0 radical (unpaired) electrons. The van der Waals surface area contributed by atoms with Gasteiger partial charge in [0.05, 0.1) is 11.0 Å². The molecule has 0 heterocycles. The number of nitrogens with one attached hydrogen (secondary N) is 1. The zero-order chi connectivity index (χ0) is 15.2. The van der Waals surface area contributed by atoms with Gasteiger partial charge in [0.15, 0.2) is 0 Å². The molecule has 4 nitrogen and oxygen atoms in total. The minimum Gasteiger partial charge on any atom is -0.310 e. The third kappa shape index (κ3) is 4.65. The molecule has 0 aliphatic carbocycles. The van der Waals surface area contributed by atoms with Gasteiger partial charge in [0.25, 0.3) is 5.69 Å². The molecule has 2 aromatic rings. The first-order chi connectivity index (χ1) is 10.0. The fraction of sp³-hybridized carbons (Fsp3) is 0.250. The van der Waals surface area contributed by atoms with Crippen molar-refractivity contribution in [1.29, 1.82) is 0 Å². The first kappa shape index (κ1) is 15.1. The van der Waals surface area contributed by atoms with Gasteiger partial charge in [-0.05, 0) is 30.5 Å². The molecule has 0 bridgehead atoms. The van der Waals surface area contributed by atoms with Crippen LogP contribution in [-0.2, 0) is 13.0 Å². The van der Waals surface area contributed by atoms with Crippen LogP contribution < -0.4 is 5.32 Å². The first-order valence-electron chi connectivity index (χ1n) is 6.76. The molecule has 0 aromatic heterocycles. The molecule has 1 unspecified atom stereocenters. The van der Waals surface area contributed by atoms with Crippen LogP contribution in [0.2, 0.25) is 0 Å². The van der Waals surface area contributed by atoms with Crippen LogP contribution in [0.15, 0.2) is 48.5 Å². The molecular formula is C16H17FN2O2. The van der Waals surface area contributed by atoms with Crippen LogP contribution in [0.1, 0.15) is 18.1 Å². The molecule has 0 spiro atoms. The van der Waals surface area contributed by atoms with Gasteiger partial charge in [-0.3, -0.25) is 10.1 Å². The van der Waals surface area contributed by atoms with Crippen LogP contribution in [0.3, 0.4) is 0 Å². The van der Waals surface area contributed by atoms with E-state index in [-0.39, 0.29) is 11.7 Å². The van der Waals surface area contributed by atoms with Gasteiger partial charge in [0.1, 0.15) is 5.82 Å². The highest BCUT2D eigenvalue weighted by Crippen LogP contribution is 2.16. The predicted octanol–water partition coefficient (Wildman–Crippen LogP) is 3.45. The molecule has 0 aliphatic rings. The van der Waals surface area contributed by atoms with Crippen molar-refractivity contribution < 1.29 is 9.31 Å². The number of halogens is 1. The van der Waals surface area contributed by atoms with Crippen molar-refractivity contribution in [1.82, 2.24) is 5.32 Å². The number of non-ortho nitro benzene ring substituents is 1. The van der Waals surface area contributed by atoms with Gasteiger partial charge in [-0.1, -0.05) is 30.3 Å². The second kappa shape index (κ2) is 6.95. The van der Waals surface area contributed by atoms with Gasteiger partial charge in [0.2, 0.25) is 0 Å². The Morgan fingerprint density at radius 1 is 1.19 bits per heavy atom. The monoisotopic (exact) mass is 288 g/mol. The maximum absolute atomic E-state index is 13.3. The zero-order valence-corrected chi connectivity index (χ0v) is 11.8. The van der Waals surface area contributed by atoms with Crippen LogP contribution in [0, 0.1) is 15.9 Å². The Bertz CT molecular complexity index is 617. The van der Waals surface area contributed by atoms with E-state index in [2.05, 4.69) is 5.32 Å². The largest absolute Gasteiger partial charge is 0.310 e. The lowest BCUT2D eigenvalue weighted by Gasteiger charge is -2.14. The number of rotatable bonds is 6. The summed E-state index contributed by atoms with van der Waals surface area (Å²) in [4.78, 5) is 10.1. The van der Waals surface area contributed by atoms with Crippen molar-refractivity contribution in [2.45, 2.75) is 25.9 Å². The highest BCUT2D eigenvalue weighted by molar-refractivity contribution is 5.35. The first-order valence-corrected chi connectivity index (χ1v) is 6.76. The summed E-state index contributed by atoms with van der Waals surface area (Å²) in [7, 11) is 0. The maximum atomic E-state index is 13.3. The van der Waals surface area contributed by atoms with E-state index in [1.54, 1.807) is 0 Å². The van der Waals surface area contributed by atoms with Gasteiger partial charge in [0, 0.05) is 18.7 Å². The van der Waals surface area contributed by atoms with E-state index < -0.39 is 10.7 Å². The maximum Gasteiger partial charge on any atom is 0.272 e. The second-order valence-electron chi connectivity index (χ2n) is 5.05. The zero-order valence-electron chi connectivity index (χ0n) is 11.8. The summed E-state index contributed by atoms with van der Waals surface area (Å²) >= 11 is 0. The van der Waals surface area contributed by atoms with Crippen molar-refractivity contribution in [2.24, 2.45) is 0 Å². The highest BCUT2D eigenvalue weighted by Gasteiger charge is 2.10. The molecule has 0 aliphatic heterocycles. The van der Waals surface area contributed by atoms with Gasteiger partial charge in [-0.15, -0.1) is 0 Å². The SMILES string of the molecule is CC(Cc1ccccc1)NCc1cc(F)cc([N+](=O)[O-])c1. The van der Waals surface area contributed by atoms with E-state index >= 15 is 0 Å². The van der Waals surface area contributed by atoms with E-state index in [9.17, 15) is 14.5 Å². The minimum atomic E-state index is -0.586. The summed E-state index contributed by atoms with van der Waals surface area (Å²) in [5, 5.41) is 14.0. The lowest BCUT2D eigenvalue weighted by Crippen LogP contribution is -2.27. The molecule has 0 fully saturated rings. The van der Waals surface area contributed by atoms with Crippen LogP contribution in [0.25, 0.3) is 0 Å². The molecule has 0 amide bonds. The summed E-state index contributed by atoms with van der Waals surface area (Å²) in [6, 6.07) is 13.9. The molecule has 5 heteroatoms. The second-order valence-corrected chi connectivity index (χ2v) is 5.05. The van der Waals surface area contributed by atoms with Gasteiger partial charge < -0.3 is 5.32 Å². The standard InChI is InChI=1S/C16H17FN2O2/c1-12(7-13-5-3-2-4-6-13)18-11-14-8-15(17)10-16(9-14)19(20)21/h2-6,8-10,12,18H,7,11H2,1H3. The third-order valence-electron chi connectivity index (χ3n) is 3.19. The number of hydrogen-bond donors (Lipinski definition) is 1. The van der Waals surface area contributed by atoms with E-state index in [0.717, 1.165) is 12.5 Å². The van der Waals surface area contributed by atoms with Crippen LogP contribution in [-0.4, -0.2) is 11.0 Å². The molecule has 0 saturated carbocycles. The highest BCUT2D eigenvalue weighted by atomic mass is 19.1. The Kier molecular flexibility index (Phi) is 5.00. The van der Waals surface area contributed by atoms with E-state index in [1.165, 1.54) is 17.7 Å². The number of nitrogens with zero attached hydrogens (tertiary/aromatic N) is 1. The van der Waals surface area contributed by atoms with Crippen molar-refractivity contribution in [3.05, 3.63) is 75.6 Å². The van der Waals surface area contributed by atoms with Crippen molar-refractivity contribution in [2.75, 3.05) is 0 Å². The average Bonchev–Trinajstić information content (AvgIpc) is 2.45. The van der Waals surface area contributed by atoms with Crippen LogP contribution in [0.5, 0.6) is 0 Å². The van der Waals surface area contributed by atoms with Crippen molar-refractivity contribution in [3.63, 3.8) is 0 Å². The van der Waals surface area contributed by atoms with Crippen molar-refractivity contribution >= 4 is 5.69 Å². The van der Waals surface area contributed by atoms with Crippen LogP contribution >= 0.6 is 0 Å². The van der Waals surface area contributed by atoms with Gasteiger partial charge >= 0.3 is 0 Å². The number of hydrogen-bond acceptors (Lipinski definition) is 3. The summed E-state index contributed by atoms with van der Waals surface area (Å²) in [5.41, 5.74) is 1.56. The normalized spacial score (nSPS) is 12.1. The third-order valence-corrected chi connectivity index (χ3v) is 3.19. The fourth-order valence-electron chi connectivity index (χ4n) is 2.17. The van der Waals surface area contributed by atoms with Gasteiger partial charge in [-0.25, -0.2) is 4.39 Å². The lowest BCUT2D eigenvalue weighted by atomic mass is 10.1.